The number of nitrogens with zero attached hydrogens (tertiary/aromatic N) is 1. The van der Waals surface area contributed by atoms with Gasteiger partial charge in [0.2, 0.25) is 0 Å². The molecule has 1 aromatic heterocycles. The Morgan fingerprint density at radius 2 is 1.93 bits per heavy atom. The Labute approximate surface area is 96.9 Å². The standard InChI is InChI=1S/C11H19N3S/c1-10(2)9-13-11(15)12-5-8-14-6-3-4-7-14/h3-4,6-7,10H,5,8-9H2,1-2H3,(H2,12,13,15). The molecule has 0 spiro atoms. The minimum atomic E-state index is 0.620. The highest BCUT2D eigenvalue weighted by Crippen LogP contribution is 1.89. The summed E-state index contributed by atoms with van der Waals surface area (Å²) in [6.45, 7) is 7.05. The molecule has 0 bridgehead atoms. The van der Waals surface area contributed by atoms with Crippen LogP contribution in [0.1, 0.15) is 13.8 Å². The van der Waals surface area contributed by atoms with Gasteiger partial charge >= 0.3 is 0 Å². The second-order valence-corrected chi connectivity index (χ2v) is 4.36. The van der Waals surface area contributed by atoms with Crippen molar-refractivity contribution in [2.45, 2.75) is 20.4 Å². The highest BCUT2D eigenvalue weighted by Gasteiger charge is 1.96. The Morgan fingerprint density at radius 3 is 2.53 bits per heavy atom. The van der Waals surface area contributed by atoms with Crippen LogP contribution >= 0.6 is 12.2 Å². The Bertz CT molecular complexity index is 280. The minimum Gasteiger partial charge on any atom is -0.362 e. The Hall–Kier alpha value is -1.03. The highest BCUT2D eigenvalue weighted by molar-refractivity contribution is 7.80. The van der Waals surface area contributed by atoms with Crippen molar-refractivity contribution in [2.75, 3.05) is 13.1 Å². The van der Waals surface area contributed by atoms with Crippen LogP contribution in [0, 0.1) is 5.92 Å². The lowest BCUT2D eigenvalue weighted by Crippen LogP contribution is -2.38. The predicted molar refractivity (Wildman–Crippen MR) is 67.9 cm³/mol. The van der Waals surface area contributed by atoms with Crippen LogP contribution in [0.5, 0.6) is 0 Å². The Balaban J connectivity index is 2.07. The van der Waals surface area contributed by atoms with E-state index in [-0.39, 0.29) is 0 Å². The summed E-state index contributed by atoms with van der Waals surface area (Å²) in [6, 6.07) is 4.05. The van der Waals surface area contributed by atoms with E-state index in [0.717, 1.165) is 24.7 Å². The lowest BCUT2D eigenvalue weighted by Gasteiger charge is -2.12. The molecule has 0 saturated heterocycles. The molecule has 0 aromatic carbocycles. The third kappa shape index (κ3) is 5.42. The van der Waals surface area contributed by atoms with Gasteiger partial charge < -0.3 is 15.2 Å². The van der Waals surface area contributed by atoms with Gasteiger partial charge in [0.05, 0.1) is 0 Å². The first kappa shape index (κ1) is 12.0. The molecule has 0 radical (unpaired) electrons. The van der Waals surface area contributed by atoms with Crippen molar-refractivity contribution in [3.63, 3.8) is 0 Å². The van der Waals surface area contributed by atoms with Crippen molar-refractivity contribution < 1.29 is 0 Å². The summed E-state index contributed by atoms with van der Waals surface area (Å²) in [6.07, 6.45) is 4.10. The summed E-state index contributed by atoms with van der Waals surface area (Å²) in [5.74, 6) is 0.620. The fourth-order valence-corrected chi connectivity index (χ4v) is 1.36. The molecule has 0 fully saturated rings. The zero-order valence-corrected chi connectivity index (χ0v) is 10.2. The van der Waals surface area contributed by atoms with E-state index >= 15 is 0 Å². The lowest BCUT2D eigenvalue weighted by molar-refractivity contribution is 0.612. The number of hydrogen-bond donors (Lipinski definition) is 2. The first-order valence-electron chi connectivity index (χ1n) is 5.31. The molecule has 0 atom stereocenters. The van der Waals surface area contributed by atoms with Gasteiger partial charge in [-0.3, -0.25) is 0 Å². The molecule has 4 heteroatoms. The second kappa shape index (κ2) is 6.45. The summed E-state index contributed by atoms with van der Waals surface area (Å²) in [5.41, 5.74) is 0. The van der Waals surface area contributed by atoms with Crippen molar-refractivity contribution in [2.24, 2.45) is 5.92 Å². The fourth-order valence-electron chi connectivity index (χ4n) is 1.18. The third-order valence-corrected chi connectivity index (χ3v) is 2.28. The molecule has 2 N–H and O–H groups in total. The van der Waals surface area contributed by atoms with Crippen LogP contribution in [-0.2, 0) is 6.54 Å². The topological polar surface area (TPSA) is 29.0 Å². The van der Waals surface area contributed by atoms with Crippen LogP contribution in [0.15, 0.2) is 24.5 Å². The van der Waals surface area contributed by atoms with Crippen molar-refractivity contribution in [1.29, 1.82) is 0 Å². The third-order valence-electron chi connectivity index (χ3n) is 1.99. The minimum absolute atomic E-state index is 0.620. The van der Waals surface area contributed by atoms with E-state index in [1.165, 1.54) is 0 Å². The van der Waals surface area contributed by atoms with Crippen LogP contribution in [0.25, 0.3) is 0 Å². The van der Waals surface area contributed by atoms with Gasteiger partial charge in [0.15, 0.2) is 5.11 Å². The number of rotatable bonds is 5. The van der Waals surface area contributed by atoms with Gasteiger partial charge in [-0.2, -0.15) is 0 Å². The van der Waals surface area contributed by atoms with Gasteiger partial charge in [-0.05, 0) is 30.3 Å². The monoisotopic (exact) mass is 225 g/mol. The summed E-state index contributed by atoms with van der Waals surface area (Å²) in [4.78, 5) is 0. The zero-order valence-electron chi connectivity index (χ0n) is 9.36. The molecular formula is C11H19N3S. The molecule has 15 heavy (non-hydrogen) atoms. The zero-order chi connectivity index (χ0) is 11.1. The maximum absolute atomic E-state index is 5.14. The van der Waals surface area contributed by atoms with Gasteiger partial charge in [0, 0.05) is 32.0 Å². The summed E-state index contributed by atoms with van der Waals surface area (Å²) >= 11 is 5.14. The average Bonchev–Trinajstić information content (AvgIpc) is 2.67. The van der Waals surface area contributed by atoms with Crippen LogP contribution in [-0.4, -0.2) is 22.8 Å². The molecule has 84 valence electrons. The van der Waals surface area contributed by atoms with Crippen molar-refractivity contribution in [3.05, 3.63) is 24.5 Å². The molecule has 0 aliphatic heterocycles. The molecule has 0 aliphatic rings. The number of aromatic nitrogens is 1. The maximum atomic E-state index is 5.14. The largest absolute Gasteiger partial charge is 0.362 e. The van der Waals surface area contributed by atoms with Gasteiger partial charge in [-0.25, -0.2) is 0 Å². The molecule has 1 heterocycles. The van der Waals surface area contributed by atoms with E-state index in [1.807, 2.05) is 24.5 Å². The van der Waals surface area contributed by atoms with E-state index in [4.69, 9.17) is 12.2 Å². The van der Waals surface area contributed by atoms with Crippen molar-refractivity contribution in [1.82, 2.24) is 15.2 Å². The molecule has 3 nitrogen and oxygen atoms in total. The second-order valence-electron chi connectivity index (χ2n) is 3.95. The van der Waals surface area contributed by atoms with Crippen molar-refractivity contribution >= 4 is 17.3 Å². The van der Waals surface area contributed by atoms with E-state index in [9.17, 15) is 0 Å². The number of hydrogen-bond acceptors (Lipinski definition) is 1. The van der Waals surface area contributed by atoms with E-state index in [2.05, 4.69) is 29.0 Å². The fraction of sp³-hybridized carbons (Fsp3) is 0.545. The summed E-state index contributed by atoms with van der Waals surface area (Å²) in [5, 5.41) is 7.10. The molecule has 1 rings (SSSR count). The predicted octanol–water partition coefficient (Wildman–Crippen LogP) is 1.61. The highest BCUT2D eigenvalue weighted by atomic mass is 32.1. The normalized spacial score (nSPS) is 10.3. The van der Waals surface area contributed by atoms with Gasteiger partial charge in [0.25, 0.3) is 0 Å². The van der Waals surface area contributed by atoms with Crippen LogP contribution in [0.3, 0.4) is 0 Å². The van der Waals surface area contributed by atoms with Crippen LogP contribution in [0.4, 0.5) is 0 Å². The molecule has 0 saturated carbocycles. The maximum Gasteiger partial charge on any atom is 0.166 e. The van der Waals surface area contributed by atoms with E-state index < -0.39 is 0 Å². The number of thiocarbonyl (C=S) groups is 1. The van der Waals surface area contributed by atoms with Gasteiger partial charge in [-0.15, -0.1) is 0 Å². The molecule has 0 aliphatic carbocycles. The van der Waals surface area contributed by atoms with Crippen molar-refractivity contribution in [3.8, 4) is 0 Å². The SMILES string of the molecule is CC(C)CNC(=S)NCCn1cccc1. The van der Waals surface area contributed by atoms with E-state index in [1.54, 1.807) is 0 Å². The van der Waals surface area contributed by atoms with Crippen LogP contribution in [0.2, 0.25) is 0 Å². The Morgan fingerprint density at radius 1 is 1.27 bits per heavy atom. The molecule has 0 unspecified atom stereocenters. The lowest BCUT2D eigenvalue weighted by atomic mass is 10.2. The van der Waals surface area contributed by atoms with E-state index in [0.29, 0.717) is 5.92 Å². The molecular weight excluding hydrogens is 206 g/mol. The quantitative estimate of drug-likeness (QED) is 0.746. The average molecular weight is 225 g/mol. The molecule has 0 amide bonds. The first-order chi connectivity index (χ1) is 7.18. The molecule has 1 aromatic rings. The Kier molecular flexibility index (Phi) is 5.18. The number of nitrogens with one attached hydrogen (secondary N) is 2. The van der Waals surface area contributed by atoms with Gasteiger partial charge in [0.1, 0.15) is 0 Å². The van der Waals surface area contributed by atoms with Gasteiger partial charge in [-0.1, -0.05) is 13.8 Å². The first-order valence-corrected chi connectivity index (χ1v) is 5.72. The van der Waals surface area contributed by atoms with Crippen LogP contribution < -0.4 is 10.6 Å². The summed E-state index contributed by atoms with van der Waals surface area (Å²) < 4.78 is 2.12. The smallest absolute Gasteiger partial charge is 0.166 e. The summed E-state index contributed by atoms with van der Waals surface area (Å²) in [7, 11) is 0.